The van der Waals surface area contributed by atoms with Crippen LogP contribution in [0.2, 0.25) is 10.3 Å². The lowest BCUT2D eigenvalue weighted by Gasteiger charge is -2.27. The number of carbonyl (C=O) groups excluding carboxylic acids is 1. The molecule has 0 saturated carbocycles. The molecule has 1 amide bonds. The Labute approximate surface area is 133 Å². The van der Waals surface area contributed by atoms with E-state index in [4.69, 9.17) is 23.2 Å². The van der Waals surface area contributed by atoms with E-state index in [2.05, 4.69) is 4.98 Å². The van der Waals surface area contributed by atoms with Crippen LogP contribution in [0.3, 0.4) is 0 Å². The molecule has 0 unspecified atom stereocenters. The molecule has 0 radical (unpaired) electrons. The number of nitrogens with zero attached hydrogens (tertiary/aromatic N) is 3. The average molecular weight is 324 g/mol. The Morgan fingerprint density at radius 1 is 1.29 bits per heavy atom. The van der Waals surface area contributed by atoms with Gasteiger partial charge in [-0.15, -0.1) is 0 Å². The zero-order valence-electron chi connectivity index (χ0n) is 11.6. The molecule has 0 atom stereocenters. The number of fused-ring (bicyclic) bond motifs is 1. The molecule has 0 spiro atoms. The van der Waals surface area contributed by atoms with Crippen molar-refractivity contribution in [2.45, 2.75) is 19.4 Å². The topological polar surface area (TPSA) is 38.1 Å². The van der Waals surface area contributed by atoms with Crippen molar-refractivity contribution < 1.29 is 4.79 Å². The Kier molecular flexibility index (Phi) is 3.91. The van der Waals surface area contributed by atoms with Crippen molar-refractivity contribution >= 4 is 29.1 Å². The van der Waals surface area contributed by atoms with Crippen molar-refractivity contribution in [3.05, 3.63) is 51.5 Å². The van der Waals surface area contributed by atoms with E-state index >= 15 is 0 Å². The Hall–Kier alpha value is -1.52. The minimum atomic E-state index is 0.111. The number of rotatable bonds is 2. The third-order valence-corrected chi connectivity index (χ3v) is 4.41. The fraction of sp³-hybridized carbons (Fsp3) is 0.333. The number of benzene rings is 1. The van der Waals surface area contributed by atoms with Gasteiger partial charge in [0.15, 0.2) is 0 Å². The maximum absolute atomic E-state index is 12.4. The maximum Gasteiger partial charge on any atom is 0.227 e. The van der Waals surface area contributed by atoms with E-state index in [0.717, 1.165) is 23.4 Å². The Balaban J connectivity index is 1.72. The highest BCUT2D eigenvalue weighted by Crippen LogP contribution is 2.22. The van der Waals surface area contributed by atoms with Crippen LogP contribution in [-0.4, -0.2) is 26.9 Å². The van der Waals surface area contributed by atoms with E-state index in [9.17, 15) is 4.79 Å². The van der Waals surface area contributed by atoms with Crippen LogP contribution in [0.5, 0.6) is 0 Å². The van der Waals surface area contributed by atoms with Crippen molar-refractivity contribution in [1.82, 2.24) is 14.5 Å². The summed E-state index contributed by atoms with van der Waals surface area (Å²) in [5, 5.41) is 1.16. The van der Waals surface area contributed by atoms with Gasteiger partial charge in [-0.05, 0) is 29.3 Å². The van der Waals surface area contributed by atoms with Crippen LogP contribution in [-0.2, 0) is 31.2 Å². The summed E-state index contributed by atoms with van der Waals surface area (Å²) >= 11 is 11.9. The summed E-state index contributed by atoms with van der Waals surface area (Å²) in [4.78, 5) is 18.6. The Morgan fingerprint density at radius 3 is 2.71 bits per heavy atom. The largest absolute Gasteiger partial charge is 0.336 e. The number of hydrogen-bond acceptors (Lipinski definition) is 2. The fourth-order valence-electron chi connectivity index (χ4n) is 2.56. The first-order chi connectivity index (χ1) is 10.0. The second-order valence-corrected chi connectivity index (χ2v) is 5.98. The molecule has 1 aromatic carbocycles. The van der Waals surface area contributed by atoms with Crippen molar-refractivity contribution in [2.75, 3.05) is 6.54 Å². The van der Waals surface area contributed by atoms with Crippen LogP contribution < -0.4 is 0 Å². The number of aromatic nitrogens is 2. The number of carbonyl (C=O) groups is 1. The Bertz CT molecular complexity index is 679. The molecule has 110 valence electrons. The summed E-state index contributed by atoms with van der Waals surface area (Å²) in [5.74, 6) is 0.111. The first kappa shape index (κ1) is 14.4. The molecular formula is C15H15Cl2N3O. The molecule has 0 bridgehead atoms. The molecule has 0 N–H and O–H groups in total. The third kappa shape index (κ3) is 2.92. The van der Waals surface area contributed by atoms with Crippen LogP contribution in [0.1, 0.15) is 17.0 Å². The van der Waals surface area contributed by atoms with E-state index in [-0.39, 0.29) is 5.91 Å². The van der Waals surface area contributed by atoms with Crippen LogP contribution >= 0.6 is 23.2 Å². The fourth-order valence-corrected chi connectivity index (χ4v) is 2.89. The van der Waals surface area contributed by atoms with Gasteiger partial charge >= 0.3 is 0 Å². The highest BCUT2D eigenvalue weighted by atomic mass is 35.5. The van der Waals surface area contributed by atoms with Crippen LogP contribution in [0, 0.1) is 0 Å². The van der Waals surface area contributed by atoms with Gasteiger partial charge in [-0.2, -0.15) is 0 Å². The van der Waals surface area contributed by atoms with Gasteiger partial charge in [-0.3, -0.25) is 4.79 Å². The SMILES string of the molecule is Cn1c(Cl)nc2c1CN(C(=O)Cc1ccc(Cl)cc1)CC2. The van der Waals surface area contributed by atoms with E-state index in [1.54, 1.807) is 12.1 Å². The van der Waals surface area contributed by atoms with Crippen molar-refractivity contribution in [3.8, 4) is 0 Å². The van der Waals surface area contributed by atoms with E-state index in [0.29, 0.717) is 29.8 Å². The van der Waals surface area contributed by atoms with Gasteiger partial charge in [0.2, 0.25) is 11.2 Å². The van der Waals surface area contributed by atoms with Gasteiger partial charge < -0.3 is 9.47 Å². The summed E-state index contributed by atoms with van der Waals surface area (Å²) < 4.78 is 1.85. The van der Waals surface area contributed by atoms with E-state index < -0.39 is 0 Å². The predicted octanol–water partition coefficient (Wildman–Crippen LogP) is 2.85. The molecule has 2 aromatic rings. The molecule has 6 heteroatoms. The van der Waals surface area contributed by atoms with Crippen LogP contribution in [0.25, 0.3) is 0 Å². The molecule has 0 saturated heterocycles. The highest BCUT2D eigenvalue weighted by Gasteiger charge is 2.25. The standard InChI is InChI=1S/C15H15Cl2N3O/c1-19-13-9-20(7-6-12(13)18-15(19)17)14(21)8-10-2-4-11(16)5-3-10/h2-5H,6-9H2,1H3. The molecule has 1 aliphatic heterocycles. The summed E-state index contributed by atoms with van der Waals surface area (Å²) in [6.45, 7) is 1.25. The number of halogens is 2. The molecule has 1 aromatic heterocycles. The van der Waals surface area contributed by atoms with Gasteiger partial charge in [0.05, 0.1) is 24.4 Å². The van der Waals surface area contributed by atoms with Crippen molar-refractivity contribution in [1.29, 1.82) is 0 Å². The molecule has 4 nitrogen and oxygen atoms in total. The number of hydrogen-bond donors (Lipinski definition) is 0. The molecule has 3 rings (SSSR count). The summed E-state index contributed by atoms with van der Waals surface area (Å²) in [7, 11) is 1.88. The quantitative estimate of drug-likeness (QED) is 0.852. The summed E-state index contributed by atoms with van der Waals surface area (Å²) in [5.41, 5.74) is 2.99. The third-order valence-electron chi connectivity index (χ3n) is 3.82. The van der Waals surface area contributed by atoms with Crippen LogP contribution in [0.15, 0.2) is 24.3 Å². The average Bonchev–Trinajstić information content (AvgIpc) is 2.76. The molecular weight excluding hydrogens is 309 g/mol. The van der Waals surface area contributed by atoms with Crippen molar-refractivity contribution in [2.24, 2.45) is 7.05 Å². The molecule has 0 aliphatic carbocycles. The monoisotopic (exact) mass is 323 g/mol. The number of amides is 1. The maximum atomic E-state index is 12.4. The zero-order chi connectivity index (χ0) is 15.0. The van der Waals surface area contributed by atoms with Gasteiger partial charge in [-0.1, -0.05) is 23.7 Å². The van der Waals surface area contributed by atoms with E-state index in [1.807, 2.05) is 28.6 Å². The van der Waals surface area contributed by atoms with Gasteiger partial charge in [0, 0.05) is 25.0 Å². The lowest BCUT2D eigenvalue weighted by molar-refractivity contribution is -0.131. The first-order valence-corrected chi connectivity index (χ1v) is 7.52. The smallest absolute Gasteiger partial charge is 0.227 e. The second-order valence-electron chi connectivity index (χ2n) is 5.20. The summed E-state index contributed by atoms with van der Waals surface area (Å²) in [6, 6.07) is 7.38. The number of imidazole rings is 1. The second kappa shape index (κ2) is 5.70. The molecule has 21 heavy (non-hydrogen) atoms. The van der Waals surface area contributed by atoms with Gasteiger partial charge in [-0.25, -0.2) is 4.98 Å². The highest BCUT2D eigenvalue weighted by molar-refractivity contribution is 6.30. The summed E-state index contributed by atoms with van der Waals surface area (Å²) in [6.07, 6.45) is 1.14. The lowest BCUT2D eigenvalue weighted by Crippen LogP contribution is -2.37. The first-order valence-electron chi connectivity index (χ1n) is 6.77. The normalized spacial score (nSPS) is 14.1. The van der Waals surface area contributed by atoms with Gasteiger partial charge in [0.1, 0.15) is 0 Å². The van der Waals surface area contributed by atoms with E-state index in [1.165, 1.54) is 0 Å². The van der Waals surface area contributed by atoms with Crippen LogP contribution in [0.4, 0.5) is 0 Å². The zero-order valence-corrected chi connectivity index (χ0v) is 13.2. The minimum absolute atomic E-state index is 0.111. The van der Waals surface area contributed by atoms with Gasteiger partial charge in [0.25, 0.3) is 0 Å². The predicted molar refractivity (Wildman–Crippen MR) is 82.5 cm³/mol. The lowest BCUT2D eigenvalue weighted by atomic mass is 10.1. The molecule has 1 aliphatic rings. The van der Waals surface area contributed by atoms with Crippen molar-refractivity contribution in [3.63, 3.8) is 0 Å². The Morgan fingerprint density at radius 2 is 2.00 bits per heavy atom. The minimum Gasteiger partial charge on any atom is -0.336 e. The molecule has 2 heterocycles. The molecule has 0 fully saturated rings.